The van der Waals surface area contributed by atoms with Crippen molar-refractivity contribution in [2.75, 3.05) is 16.9 Å². The molecule has 2 N–H and O–H groups in total. The third-order valence-electron chi connectivity index (χ3n) is 6.19. The van der Waals surface area contributed by atoms with Crippen LogP contribution in [0.1, 0.15) is 16.1 Å². The summed E-state index contributed by atoms with van der Waals surface area (Å²) in [5.74, 6) is -0.700. The van der Waals surface area contributed by atoms with Crippen LogP contribution < -0.4 is 10.6 Å². The summed E-state index contributed by atoms with van der Waals surface area (Å²) in [5, 5.41) is 5.72. The molecule has 5 aromatic rings. The molecule has 0 saturated carbocycles. The molecule has 0 fully saturated rings. The van der Waals surface area contributed by atoms with Gasteiger partial charge in [-0.1, -0.05) is 36.4 Å². The molecule has 0 spiro atoms. The predicted molar refractivity (Wildman–Crippen MR) is 152 cm³/mol. The summed E-state index contributed by atoms with van der Waals surface area (Å²) in [6.07, 6.45) is 2.67. The lowest BCUT2D eigenvalue weighted by Crippen LogP contribution is -2.14. The molecule has 2 heterocycles. The lowest BCUT2D eigenvalue weighted by molar-refractivity contribution is 0.102. The van der Waals surface area contributed by atoms with Crippen molar-refractivity contribution in [2.45, 2.75) is 12.1 Å². The first-order valence-corrected chi connectivity index (χ1v) is 14.1. The summed E-state index contributed by atoms with van der Waals surface area (Å²) in [6, 6.07) is 22.2. The molecular formula is C29H25FN6O3S. The average Bonchev–Trinajstić information content (AvgIpc) is 3.29. The second-order valence-electron chi connectivity index (χ2n) is 9.17. The van der Waals surface area contributed by atoms with Gasteiger partial charge in [-0.2, -0.15) is 0 Å². The number of nitrogens with zero attached hydrogens (tertiary/aromatic N) is 4. The lowest BCUT2D eigenvalue weighted by atomic mass is 10.1. The van der Waals surface area contributed by atoms with Gasteiger partial charge in [0, 0.05) is 42.0 Å². The summed E-state index contributed by atoms with van der Waals surface area (Å²) in [7, 11) is -2.26. The van der Waals surface area contributed by atoms with E-state index in [9.17, 15) is 17.6 Å². The summed E-state index contributed by atoms with van der Waals surface area (Å²) in [5.41, 5.74) is 4.28. The molecule has 0 radical (unpaired) electrons. The lowest BCUT2D eigenvalue weighted by Gasteiger charge is -2.12. The first-order valence-electron chi connectivity index (χ1n) is 12.2. The second-order valence-corrected chi connectivity index (χ2v) is 11.1. The quantitative estimate of drug-likeness (QED) is 0.276. The van der Waals surface area contributed by atoms with Gasteiger partial charge in [-0.3, -0.25) is 4.79 Å². The molecule has 1 amide bonds. The van der Waals surface area contributed by atoms with Gasteiger partial charge in [-0.25, -0.2) is 27.8 Å². The van der Waals surface area contributed by atoms with E-state index < -0.39 is 21.6 Å². The van der Waals surface area contributed by atoms with Crippen LogP contribution in [0, 0.1) is 12.7 Å². The van der Waals surface area contributed by atoms with Crippen LogP contribution in [0.15, 0.2) is 90.2 Å². The van der Waals surface area contributed by atoms with Crippen LogP contribution in [0.25, 0.3) is 22.5 Å². The van der Waals surface area contributed by atoms with E-state index in [1.165, 1.54) is 35.9 Å². The zero-order chi connectivity index (χ0) is 28.4. The minimum Gasteiger partial charge on any atom is -0.324 e. The number of aromatic nitrogens is 4. The number of anilines is 3. The number of rotatable bonds is 7. The molecule has 0 aliphatic rings. The Morgan fingerprint density at radius 1 is 0.925 bits per heavy atom. The number of aryl methyl sites for hydroxylation is 1. The van der Waals surface area contributed by atoms with E-state index in [1.54, 1.807) is 18.3 Å². The highest BCUT2D eigenvalue weighted by molar-refractivity contribution is 7.90. The van der Waals surface area contributed by atoms with Crippen LogP contribution in [0.5, 0.6) is 0 Å². The van der Waals surface area contributed by atoms with Gasteiger partial charge in [-0.15, -0.1) is 0 Å². The van der Waals surface area contributed by atoms with Gasteiger partial charge in [-0.05, 0) is 55.0 Å². The van der Waals surface area contributed by atoms with E-state index in [2.05, 4.69) is 25.6 Å². The van der Waals surface area contributed by atoms with E-state index in [1.807, 2.05) is 49.4 Å². The average molecular weight is 557 g/mol. The third-order valence-corrected chi connectivity index (χ3v) is 7.21. The Morgan fingerprint density at radius 2 is 1.65 bits per heavy atom. The zero-order valence-electron chi connectivity index (χ0n) is 21.9. The SMILES string of the molecule is Cc1ccc(NC(=O)c2nc(S(C)(=O)=O)n(C)c2-c2ccc(F)cc2)cc1Nc1nccc(-c2ccccc2)n1. The molecule has 0 aliphatic heterocycles. The molecule has 0 unspecified atom stereocenters. The van der Waals surface area contributed by atoms with Crippen LogP contribution in [0.4, 0.5) is 21.7 Å². The maximum absolute atomic E-state index is 13.6. The molecule has 0 aliphatic carbocycles. The largest absolute Gasteiger partial charge is 0.324 e. The minimum atomic E-state index is -3.75. The fourth-order valence-electron chi connectivity index (χ4n) is 4.24. The smallest absolute Gasteiger partial charge is 0.276 e. The van der Waals surface area contributed by atoms with Crippen LogP contribution in [0.3, 0.4) is 0 Å². The Labute approximate surface area is 230 Å². The van der Waals surface area contributed by atoms with Crippen LogP contribution in [0.2, 0.25) is 0 Å². The molecule has 2 aromatic heterocycles. The van der Waals surface area contributed by atoms with E-state index in [4.69, 9.17) is 0 Å². The van der Waals surface area contributed by atoms with Crippen molar-refractivity contribution in [2.24, 2.45) is 7.05 Å². The number of carbonyl (C=O) groups excluding carboxylic acids is 1. The van der Waals surface area contributed by atoms with Crippen molar-refractivity contribution in [1.82, 2.24) is 19.5 Å². The van der Waals surface area contributed by atoms with Crippen molar-refractivity contribution in [3.63, 3.8) is 0 Å². The number of nitrogens with one attached hydrogen (secondary N) is 2. The van der Waals surface area contributed by atoms with Gasteiger partial charge in [0.05, 0.1) is 11.4 Å². The summed E-state index contributed by atoms with van der Waals surface area (Å²) < 4.78 is 39.6. The standard InChI is InChI=1S/C29H25FN6O3S/c1-18-9-14-22(17-24(18)34-28-31-16-15-23(33-28)19-7-5-4-6-8-19)32-27(37)25-26(20-10-12-21(30)13-11-20)36(2)29(35-25)40(3,38)39/h4-17H,1-3H3,(H,32,37)(H,31,33,34). The van der Waals surface area contributed by atoms with Gasteiger partial charge in [0.2, 0.25) is 20.9 Å². The number of amides is 1. The Kier molecular flexibility index (Phi) is 7.14. The number of carbonyl (C=O) groups is 1. The third kappa shape index (κ3) is 5.59. The molecule has 9 nitrogen and oxygen atoms in total. The molecular weight excluding hydrogens is 531 g/mol. The van der Waals surface area contributed by atoms with Gasteiger partial charge < -0.3 is 15.2 Å². The van der Waals surface area contributed by atoms with Crippen molar-refractivity contribution in [1.29, 1.82) is 0 Å². The number of halogens is 1. The van der Waals surface area contributed by atoms with Crippen molar-refractivity contribution in [3.05, 3.63) is 102 Å². The van der Waals surface area contributed by atoms with Crippen LogP contribution in [-0.2, 0) is 16.9 Å². The molecule has 0 atom stereocenters. The summed E-state index contributed by atoms with van der Waals surface area (Å²) >= 11 is 0. The molecule has 0 bridgehead atoms. The highest BCUT2D eigenvalue weighted by atomic mass is 32.2. The number of imidazole rings is 1. The Balaban J connectivity index is 1.45. The number of hydrogen-bond acceptors (Lipinski definition) is 7. The van der Waals surface area contributed by atoms with Crippen LogP contribution in [-0.4, -0.2) is 40.1 Å². The fraction of sp³-hybridized carbons (Fsp3) is 0.103. The molecule has 202 valence electrons. The highest BCUT2D eigenvalue weighted by Gasteiger charge is 2.26. The minimum absolute atomic E-state index is 0.108. The van der Waals surface area contributed by atoms with Gasteiger partial charge >= 0.3 is 0 Å². The maximum Gasteiger partial charge on any atom is 0.276 e. The van der Waals surface area contributed by atoms with E-state index in [0.717, 1.165) is 23.1 Å². The van der Waals surface area contributed by atoms with E-state index >= 15 is 0 Å². The van der Waals surface area contributed by atoms with Crippen molar-refractivity contribution < 1.29 is 17.6 Å². The summed E-state index contributed by atoms with van der Waals surface area (Å²) in [6.45, 7) is 1.90. The van der Waals surface area contributed by atoms with E-state index in [-0.39, 0.29) is 16.5 Å². The molecule has 5 rings (SSSR count). The molecule has 11 heteroatoms. The molecule has 3 aromatic carbocycles. The van der Waals surface area contributed by atoms with E-state index in [0.29, 0.717) is 22.9 Å². The van der Waals surface area contributed by atoms with Crippen molar-refractivity contribution in [3.8, 4) is 22.5 Å². The topological polar surface area (TPSA) is 119 Å². The first-order chi connectivity index (χ1) is 19.1. The van der Waals surface area contributed by atoms with Gasteiger partial charge in [0.1, 0.15) is 5.82 Å². The number of hydrogen-bond donors (Lipinski definition) is 2. The Hall–Kier alpha value is -4.90. The number of benzene rings is 3. The highest BCUT2D eigenvalue weighted by Crippen LogP contribution is 2.29. The second kappa shape index (κ2) is 10.7. The summed E-state index contributed by atoms with van der Waals surface area (Å²) in [4.78, 5) is 26.5. The molecule has 40 heavy (non-hydrogen) atoms. The van der Waals surface area contributed by atoms with Crippen molar-refractivity contribution >= 4 is 33.1 Å². The first kappa shape index (κ1) is 26.7. The monoisotopic (exact) mass is 556 g/mol. The number of sulfone groups is 1. The molecule has 0 saturated heterocycles. The fourth-order valence-corrected chi connectivity index (χ4v) is 5.09. The normalized spacial score (nSPS) is 11.3. The van der Waals surface area contributed by atoms with Gasteiger partial charge in [0.25, 0.3) is 5.91 Å². The predicted octanol–water partition coefficient (Wildman–Crippen LogP) is 5.39. The Bertz CT molecular complexity index is 1820. The van der Waals surface area contributed by atoms with Gasteiger partial charge in [0.15, 0.2) is 5.69 Å². The Morgan fingerprint density at radius 3 is 2.35 bits per heavy atom. The van der Waals surface area contributed by atoms with Crippen LogP contribution >= 0.6 is 0 Å². The maximum atomic E-state index is 13.6. The zero-order valence-corrected chi connectivity index (χ0v) is 22.7.